The van der Waals surface area contributed by atoms with E-state index in [0.29, 0.717) is 11.6 Å². The van der Waals surface area contributed by atoms with E-state index in [2.05, 4.69) is 20.4 Å². The zero-order valence-electron chi connectivity index (χ0n) is 16.5. The van der Waals surface area contributed by atoms with Gasteiger partial charge < -0.3 is 5.32 Å². The molecule has 1 aromatic carbocycles. The summed E-state index contributed by atoms with van der Waals surface area (Å²) in [6, 6.07) is 14.0. The highest BCUT2D eigenvalue weighted by Crippen LogP contribution is 2.29. The van der Waals surface area contributed by atoms with Gasteiger partial charge in [0, 0.05) is 29.4 Å². The number of nitrogens with zero attached hydrogens (tertiary/aromatic N) is 5. The van der Waals surface area contributed by atoms with Crippen LogP contribution in [0.5, 0.6) is 0 Å². The Bertz CT molecular complexity index is 1150. The molecule has 0 atom stereocenters. The van der Waals surface area contributed by atoms with E-state index in [9.17, 15) is 4.79 Å². The summed E-state index contributed by atoms with van der Waals surface area (Å²) < 4.78 is 1.93. The summed E-state index contributed by atoms with van der Waals surface area (Å²) >= 11 is 0. The number of aromatic nitrogens is 5. The van der Waals surface area contributed by atoms with Crippen molar-refractivity contribution in [3.63, 3.8) is 0 Å². The molecule has 1 fully saturated rings. The molecular formula is C23H22N6O. The lowest BCUT2D eigenvalue weighted by Crippen LogP contribution is -2.38. The van der Waals surface area contributed by atoms with Gasteiger partial charge in [-0.2, -0.15) is 5.10 Å². The summed E-state index contributed by atoms with van der Waals surface area (Å²) in [5, 5.41) is 8.36. The molecule has 4 aromatic rings. The van der Waals surface area contributed by atoms with Crippen LogP contribution in [0.4, 0.5) is 0 Å². The molecule has 7 heteroatoms. The van der Waals surface area contributed by atoms with Gasteiger partial charge in [0.25, 0.3) is 5.91 Å². The molecule has 1 saturated carbocycles. The van der Waals surface area contributed by atoms with E-state index in [1.165, 1.54) is 0 Å². The normalized spacial score (nSPS) is 18.9. The maximum absolute atomic E-state index is 13.2. The Labute approximate surface area is 174 Å². The largest absolute Gasteiger partial charge is 0.349 e. The van der Waals surface area contributed by atoms with E-state index in [1.807, 2.05) is 47.1 Å². The minimum atomic E-state index is -0.0528. The Kier molecular flexibility index (Phi) is 4.93. The van der Waals surface area contributed by atoms with Gasteiger partial charge in [-0.25, -0.2) is 14.6 Å². The highest BCUT2D eigenvalue weighted by atomic mass is 16.1. The van der Waals surface area contributed by atoms with Gasteiger partial charge >= 0.3 is 0 Å². The molecule has 0 spiro atoms. The fourth-order valence-electron chi connectivity index (χ4n) is 4.18. The van der Waals surface area contributed by atoms with E-state index < -0.39 is 0 Å². The summed E-state index contributed by atoms with van der Waals surface area (Å²) in [5.74, 6) is -0.0528. The number of carbonyl (C=O) groups excluding carboxylic acids is 1. The Hall–Kier alpha value is -3.61. The van der Waals surface area contributed by atoms with E-state index in [0.717, 1.165) is 47.8 Å². The SMILES string of the molecule is O=C(NC1CCC(n2cncn2)CC1)c1cc(-c2cccnc2)nc2ccccc12. The number of amides is 1. The van der Waals surface area contributed by atoms with Gasteiger partial charge in [-0.05, 0) is 49.9 Å². The second-order valence-corrected chi connectivity index (χ2v) is 7.67. The first-order chi connectivity index (χ1) is 14.8. The number of fused-ring (bicyclic) bond motifs is 1. The Morgan fingerprint density at radius 1 is 1.03 bits per heavy atom. The quantitative estimate of drug-likeness (QED) is 0.565. The van der Waals surface area contributed by atoms with Gasteiger partial charge in [-0.3, -0.25) is 9.78 Å². The molecular weight excluding hydrogens is 376 g/mol. The third-order valence-corrected chi connectivity index (χ3v) is 5.76. The average Bonchev–Trinajstić information content (AvgIpc) is 3.34. The molecule has 0 saturated heterocycles. The maximum atomic E-state index is 13.2. The van der Waals surface area contributed by atoms with Crippen molar-refractivity contribution in [3.05, 3.63) is 73.1 Å². The Balaban J connectivity index is 1.38. The lowest BCUT2D eigenvalue weighted by atomic mass is 9.91. The van der Waals surface area contributed by atoms with Crippen LogP contribution in [0.15, 0.2) is 67.5 Å². The van der Waals surface area contributed by atoms with Crippen molar-refractivity contribution in [2.24, 2.45) is 0 Å². The second-order valence-electron chi connectivity index (χ2n) is 7.67. The molecule has 0 unspecified atom stereocenters. The summed E-state index contributed by atoms with van der Waals surface area (Å²) in [6.07, 6.45) is 10.6. The third kappa shape index (κ3) is 3.66. The molecule has 3 heterocycles. The zero-order valence-corrected chi connectivity index (χ0v) is 16.5. The highest BCUT2D eigenvalue weighted by Gasteiger charge is 2.25. The minimum absolute atomic E-state index is 0.0528. The van der Waals surface area contributed by atoms with Crippen molar-refractivity contribution >= 4 is 16.8 Å². The first kappa shape index (κ1) is 18.4. The number of hydrogen-bond acceptors (Lipinski definition) is 5. The van der Waals surface area contributed by atoms with Crippen molar-refractivity contribution in [2.75, 3.05) is 0 Å². The van der Waals surface area contributed by atoms with E-state index >= 15 is 0 Å². The Morgan fingerprint density at radius 3 is 2.67 bits per heavy atom. The van der Waals surface area contributed by atoms with Crippen LogP contribution in [0, 0.1) is 0 Å². The lowest BCUT2D eigenvalue weighted by Gasteiger charge is -2.29. The summed E-state index contributed by atoms with van der Waals surface area (Å²) in [6.45, 7) is 0. The zero-order chi connectivity index (χ0) is 20.3. The minimum Gasteiger partial charge on any atom is -0.349 e. The molecule has 150 valence electrons. The van der Waals surface area contributed by atoms with Gasteiger partial charge in [-0.15, -0.1) is 0 Å². The van der Waals surface area contributed by atoms with Crippen LogP contribution < -0.4 is 5.32 Å². The van der Waals surface area contributed by atoms with Crippen LogP contribution in [-0.2, 0) is 0 Å². The molecule has 5 rings (SSSR count). The van der Waals surface area contributed by atoms with Crippen molar-refractivity contribution in [3.8, 4) is 11.3 Å². The van der Waals surface area contributed by atoms with Gasteiger partial charge in [0.05, 0.1) is 22.8 Å². The number of para-hydroxylation sites is 1. The molecule has 1 amide bonds. The number of benzene rings is 1. The van der Waals surface area contributed by atoms with Crippen molar-refractivity contribution in [1.29, 1.82) is 0 Å². The van der Waals surface area contributed by atoms with E-state index in [4.69, 9.17) is 4.98 Å². The van der Waals surface area contributed by atoms with Crippen molar-refractivity contribution < 1.29 is 4.79 Å². The molecule has 30 heavy (non-hydrogen) atoms. The van der Waals surface area contributed by atoms with Gasteiger partial charge in [0.2, 0.25) is 0 Å². The Morgan fingerprint density at radius 2 is 1.90 bits per heavy atom. The van der Waals surface area contributed by atoms with Crippen molar-refractivity contribution in [1.82, 2.24) is 30.0 Å². The molecule has 1 N–H and O–H groups in total. The summed E-state index contributed by atoms with van der Waals surface area (Å²) in [7, 11) is 0. The fourth-order valence-corrected chi connectivity index (χ4v) is 4.18. The van der Waals surface area contributed by atoms with E-state index in [1.54, 1.807) is 25.0 Å². The van der Waals surface area contributed by atoms with Crippen LogP contribution in [0.2, 0.25) is 0 Å². The first-order valence-corrected chi connectivity index (χ1v) is 10.2. The maximum Gasteiger partial charge on any atom is 0.252 e. The molecule has 7 nitrogen and oxygen atoms in total. The summed E-state index contributed by atoms with van der Waals surface area (Å²) in [5.41, 5.74) is 3.10. The fraction of sp³-hybridized carbons (Fsp3) is 0.261. The number of rotatable bonds is 4. The number of carbonyl (C=O) groups is 1. The first-order valence-electron chi connectivity index (χ1n) is 10.2. The van der Waals surface area contributed by atoms with Crippen LogP contribution >= 0.6 is 0 Å². The third-order valence-electron chi connectivity index (χ3n) is 5.76. The molecule has 1 aliphatic carbocycles. The van der Waals surface area contributed by atoms with Crippen LogP contribution in [0.3, 0.4) is 0 Å². The van der Waals surface area contributed by atoms with Crippen LogP contribution in [0.1, 0.15) is 42.1 Å². The standard InChI is InChI=1S/C23H22N6O/c30-23(27-17-7-9-18(10-8-17)29-15-25-14-26-29)20-12-22(16-4-3-11-24-13-16)28-21-6-2-1-5-19(20)21/h1-6,11-15,17-18H,7-10H2,(H,27,30). The van der Waals surface area contributed by atoms with Crippen LogP contribution in [-0.4, -0.2) is 36.7 Å². The van der Waals surface area contributed by atoms with Crippen molar-refractivity contribution in [2.45, 2.75) is 37.8 Å². The smallest absolute Gasteiger partial charge is 0.252 e. The number of pyridine rings is 2. The lowest BCUT2D eigenvalue weighted by molar-refractivity contribution is 0.0923. The van der Waals surface area contributed by atoms with Crippen LogP contribution in [0.25, 0.3) is 22.2 Å². The highest BCUT2D eigenvalue weighted by molar-refractivity contribution is 6.07. The molecule has 0 aliphatic heterocycles. The predicted molar refractivity (Wildman–Crippen MR) is 114 cm³/mol. The second kappa shape index (κ2) is 8.02. The van der Waals surface area contributed by atoms with Gasteiger partial charge in [0.15, 0.2) is 0 Å². The molecule has 1 aliphatic rings. The monoisotopic (exact) mass is 398 g/mol. The van der Waals surface area contributed by atoms with Gasteiger partial charge in [0.1, 0.15) is 12.7 Å². The topological polar surface area (TPSA) is 85.6 Å². The number of hydrogen-bond donors (Lipinski definition) is 1. The molecule has 0 radical (unpaired) electrons. The average molecular weight is 398 g/mol. The molecule has 0 bridgehead atoms. The molecule has 3 aromatic heterocycles. The van der Waals surface area contributed by atoms with Gasteiger partial charge in [-0.1, -0.05) is 18.2 Å². The summed E-state index contributed by atoms with van der Waals surface area (Å²) in [4.78, 5) is 26.2. The number of nitrogens with one attached hydrogen (secondary N) is 1. The predicted octanol–water partition coefficient (Wildman–Crippen LogP) is 3.80. The van der Waals surface area contributed by atoms with E-state index in [-0.39, 0.29) is 11.9 Å².